The lowest BCUT2D eigenvalue weighted by Crippen LogP contribution is -3.00. The number of unbranched alkanes of at least 4 members (excludes halogenated alkanes) is 5. The van der Waals surface area contributed by atoms with E-state index in [0.29, 0.717) is 16.7 Å². The molecule has 0 aliphatic carbocycles. The van der Waals surface area contributed by atoms with Gasteiger partial charge in [-0.05, 0) is 66.9 Å². The molecule has 8 nitrogen and oxygen atoms in total. The highest BCUT2D eigenvalue weighted by Gasteiger charge is 2.33. The summed E-state index contributed by atoms with van der Waals surface area (Å²) >= 11 is 0. The second kappa shape index (κ2) is 13.3. The van der Waals surface area contributed by atoms with Crippen molar-refractivity contribution in [3.8, 4) is 40.3 Å². The molecule has 0 fully saturated rings. The Hall–Kier alpha value is -4.00. The second-order valence-corrected chi connectivity index (χ2v) is 12.6. The molecule has 44 heavy (non-hydrogen) atoms. The monoisotopic (exact) mass is 634 g/mol. The van der Waals surface area contributed by atoms with E-state index in [1.54, 1.807) is 6.07 Å². The molecule has 230 valence electrons. The first kappa shape index (κ1) is 31.4. The largest absolute Gasteiger partial charge is 1.00 e. The highest BCUT2D eigenvalue weighted by Crippen LogP contribution is 2.44. The zero-order chi connectivity index (χ0) is 30.0. The molecule has 3 aromatic carbocycles. The van der Waals surface area contributed by atoms with E-state index in [4.69, 9.17) is 23.7 Å². The summed E-state index contributed by atoms with van der Waals surface area (Å²) in [6.45, 7) is 3.16. The van der Waals surface area contributed by atoms with Crippen LogP contribution in [-0.4, -0.2) is 22.3 Å². The van der Waals surface area contributed by atoms with Gasteiger partial charge < -0.3 is 30.8 Å². The number of pyridine rings is 1. The number of nitriles is 1. The maximum atomic E-state index is 13.5. The minimum absolute atomic E-state index is 0. The lowest BCUT2D eigenvalue weighted by atomic mass is 9.89. The van der Waals surface area contributed by atoms with Crippen LogP contribution in [0.25, 0.3) is 22.0 Å². The van der Waals surface area contributed by atoms with Crippen LogP contribution in [0.5, 0.6) is 23.0 Å². The maximum Gasteiger partial charge on any atom is 0.339 e. The summed E-state index contributed by atoms with van der Waals surface area (Å²) in [4.78, 5) is -0.0338. The van der Waals surface area contributed by atoms with Gasteiger partial charge in [-0.3, -0.25) is 0 Å². The highest BCUT2D eigenvalue weighted by atomic mass is 35.5. The average Bonchev–Trinajstić information content (AvgIpc) is 3.48. The number of halogens is 1. The number of methoxy groups -OCH3 is 1. The Morgan fingerprint density at radius 2 is 1.68 bits per heavy atom. The Labute approximate surface area is 264 Å². The van der Waals surface area contributed by atoms with Gasteiger partial charge in [-0.1, -0.05) is 39.0 Å². The molecule has 6 rings (SSSR count). The predicted molar refractivity (Wildman–Crippen MR) is 162 cm³/mol. The minimum atomic E-state index is -4.21. The zero-order valence-corrected chi connectivity index (χ0v) is 26.5. The van der Waals surface area contributed by atoms with Crippen LogP contribution >= 0.6 is 0 Å². The zero-order valence-electron chi connectivity index (χ0n) is 24.9. The maximum absolute atomic E-state index is 13.5. The van der Waals surface area contributed by atoms with Gasteiger partial charge in [0, 0.05) is 17.4 Å². The Bertz CT molecular complexity index is 1830. The summed E-state index contributed by atoms with van der Waals surface area (Å²) in [6, 6.07) is 15.6. The number of fused-ring (bicyclic) bond motifs is 5. The van der Waals surface area contributed by atoms with Crippen LogP contribution in [0.4, 0.5) is 0 Å². The molecule has 1 aromatic heterocycles. The van der Waals surface area contributed by atoms with Crippen LogP contribution in [0.3, 0.4) is 0 Å². The molecular formula is C34H35ClN2O6S. The molecule has 2 aliphatic heterocycles. The van der Waals surface area contributed by atoms with Gasteiger partial charge >= 0.3 is 10.1 Å². The van der Waals surface area contributed by atoms with Gasteiger partial charge in [0.15, 0.2) is 35.7 Å². The lowest BCUT2D eigenvalue weighted by Gasteiger charge is -2.21. The Morgan fingerprint density at radius 3 is 2.41 bits per heavy atom. The molecule has 4 aromatic rings. The number of ether oxygens (including phenoxy) is 3. The fraction of sp³-hybridized carbons (Fsp3) is 0.353. The van der Waals surface area contributed by atoms with Gasteiger partial charge in [-0.25, -0.2) is 0 Å². The third-order valence-corrected chi connectivity index (χ3v) is 9.52. The molecule has 0 unspecified atom stereocenters. The van der Waals surface area contributed by atoms with Crippen LogP contribution < -0.4 is 35.4 Å². The molecule has 0 radical (unpaired) electrons. The molecule has 0 saturated heterocycles. The van der Waals surface area contributed by atoms with Gasteiger partial charge in [0.1, 0.15) is 4.90 Å². The summed E-state index contributed by atoms with van der Waals surface area (Å²) in [5.41, 5.74) is 4.96. The topological polar surface area (TPSA) is 98.7 Å². The van der Waals surface area contributed by atoms with Crippen LogP contribution in [0.15, 0.2) is 59.6 Å². The van der Waals surface area contributed by atoms with E-state index < -0.39 is 10.1 Å². The van der Waals surface area contributed by atoms with Crippen LogP contribution in [-0.2, 0) is 29.5 Å². The standard InChI is InChI=1S/C34H35N2O6S.ClH/c1-3-4-5-6-7-8-9-27-26-14-15-30(39-2)34(42-43(37,38)25-12-10-23(20-35)11-13-25)29(26)21-36-17-16-24-18-31-32(41-22-40-31)19-28(24)33(27)36;/h10-15,18-19,21H,3-9,16-17,22H2,1-2H3;1H/q+1;/p-1. The van der Waals surface area contributed by atoms with E-state index in [1.165, 1.54) is 62.6 Å². The molecule has 0 saturated carbocycles. The average molecular weight is 635 g/mol. The van der Waals surface area contributed by atoms with Crippen molar-refractivity contribution in [2.24, 2.45) is 0 Å². The lowest BCUT2D eigenvalue weighted by molar-refractivity contribution is -0.686. The minimum Gasteiger partial charge on any atom is -1.00 e. The second-order valence-electron chi connectivity index (χ2n) is 11.0. The first-order valence-electron chi connectivity index (χ1n) is 14.9. The van der Waals surface area contributed by atoms with E-state index in [9.17, 15) is 8.42 Å². The Morgan fingerprint density at radius 1 is 0.955 bits per heavy atom. The fourth-order valence-electron chi connectivity index (χ4n) is 6.07. The van der Waals surface area contributed by atoms with E-state index in [-0.39, 0.29) is 29.8 Å². The molecular weight excluding hydrogens is 600 g/mol. The normalized spacial score (nSPS) is 13.0. The van der Waals surface area contributed by atoms with Crippen LogP contribution in [0.2, 0.25) is 0 Å². The van der Waals surface area contributed by atoms with Gasteiger partial charge in [-0.15, -0.1) is 0 Å². The first-order valence-corrected chi connectivity index (χ1v) is 16.3. The van der Waals surface area contributed by atoms with Gasteiger partial charge in [-0.2, -0.15) is 18.2 Å². The van der Waals surface area contributed by atoms with Crippen molar-refractivity contribution in [3.63, 3.8) is 0 Å². The predicted octanol–water partition coefficient (Wildman–Crippen LogP) is 3.63. The van der Waals surface area contributed by atoms with E-state index in [0.717, 1.165) is 65.9 Å². The van der Waals surface area contributed by atoms with Gasteiger partial charge in [0.05, 0.1) is 29.7 Å². The molecule has 0 N–H and O–H groups in total. The van der Waals surface area contributed by atoms with Crippen molar-refractivity contribution in [3.05, 3.63) is 71.4 Å². The SMILES string of the molecule is CCCCCCCCc1c2[n+](cc3c(OS(=O)(=O)c4ccc(C#N)cc4)c(OC)ccc13)CCc1cc3c(cc1-2)OCO3.[Cl-]. The quantitative estimate of drug-likeness (QED) is 0.141. The van der Waals surface area contributed by atoms with Crippen molar-refractivity contribution in [1.82, 2.24) is 0 Å². The molecule has 2 aliphatic rings. The Kier molecular flexibility index (Phi) is 9.52. The van der Waals surface area contributed by atoms with Gasteiger partial charge in [0.25, 0.3) is 0 Å². The van der Waals surface area contributed by atoms with Crippen molar-refractivity contribution >= 4 is 20.9 Å². The van der Waals surface area contributed by atoms with Crippen molar-refractivity contribution < 1.29 is 43.8 Å². The summed E-state index contributed by atoms with van der Waals surface area (Å²) in [6.07, 6.45) is 10.6. The fourth-order valence-corrected chi connectivity index (χ4v) is 7.03. The third-order valence-electron chi connectivity index (χ3n) is 8.28. The number of rotatable bonds is 11. The number of hydrogen-bond donors (Lipinski definition) is 0. The first-order chi connectivity index (χ1) is 20.9. The number of aryl methyl sites for hydroxylation is 3. The summed E-state index contributed by atoms with van der Waals surface area (Å²) in [5, 5.41) is 10.7. The molecule has 0 spiro atoms. The highest BCUT2D eigenvalue weighted by molar-refractivity contribution is 7.87. The van der Waals surface area contributed by atoms with Crippen molar-refractivity contribution in [2.45, 2.75) is 69.7 Å². The number of aromatic nitrogens is 1. The van der Waals surface area contributed by atoms with Crippen molar-refractivity contribution in [2.75, 3.05) is 13.9 Å². The smallest absolute Gasteiger partial charge is 0.339 e. The molecule has 3 heterocycles. The van der Waals surface area contributed by atoms with E-state index in [2.05, 4.69) is 23.6 Å². The number of hydrogen-bond acceptors (Lipinski definition) is 7. The van der Waals surface area contributed by atoms with E-state index >= 15 is 0 Å². The number of benzene rings is 3. The summed E-state index contributed by atoms with van der Waals surface area (Å²) < 4.78 is 52.0. The summed E-state index contributed by atoms with van der Waals surface area (Å²) in [5.74, 6) is 2.00. The molecule has 0 amide bonds. The molecule has 0 atom stereocenters. The van der Waals surface area contributed by atoms with Crippen LogP contribution in [0, 0.1) is 11.3 Å². The van der Waals surface area contributed by atoms with Gasteiger partial charge in [0.2, 0.25) is 12.5 Å². The van der Waals surface area contributed by atoms with Crippen LogP contribution in [0.1, 0.15) is 62.1 Å². The van der Waals surface area contributed by atoms with E-state index in [1.807, 2.05) is 18.3 Å². The number of nitrogens with zero attached hydrogens (tertiary/aromatic N) is 2. The van der Waals surface area contributed by atoms with Crippen molar-refractivity contribution in [1.29, 1.82) is 5.26 Å². The Balaban J connectivity index is 0.00000384. The third kappa shape index (κ3) is 6.01. The summed E-state index contributed by atoms with van der Waals surface area (Å²) in [7, 11) is -2.71. The molecule has 0 bridgehead atoms. The molecule has 10 heteroatoms.